The van der Waals surface area contributed by atoms with Crippen molar-refractivity contribution in [3.8, 4) is 5.75 Å². The molecule has 0 amide bonds. The second kappa shape index (κ2) is 10.9. The number of fused-ring (bicyclic) bond motifs is 3. The lowest BCUT2D eigenvalue weighted by atomic mass is 9.83. The zero-order valence-electron chi connectivity index (χ0n) is 24.1. The summed E-state index contributed by atoms with van der Waals surface area (Å²) in [7, 11) is 1.89. The summed E-state index contributed by atoms with van der Waals surface area (Å²) in [6.45, 7) is 9.91. The van der Waals surface area contributed by atoms with Gasteiger partial charge in [0.05, 0.1) is 23.7 Å². The molecule has 0 saturated heterocycles. The van der Waals surface area contributed by atoms with E-state index < -0.39 is 5.97 Å². The molecule has 41 heavy (non-hydrogen) atoms. The summed E-state index contributed by atoms with van der Waals surface area (Å²) < 4.78 is 9.37. The maximum Gasteiger partial charge on any atom is 0.304 e. The number of benzene rings is 2. The van der Waals surface area contributed by atoms with Crippen LogP contribution < -0.4 is 4.74 Å². The Bertz CT molecular complexity index is 1760. The SMILES string of the molecule is CC[C@@H]1CN(Cc2cc([C@@H](CC(=O)O)c3cc(C)c4c(nnn4C)c3C)cc3ccsc23)[C@@H](C)c2ncccc2O1. The zero-order valence-corrected chi connectivity index (χ0v) is 24.9. The van der Waals surface area contributed by atoms with E-state index in [1.54, 1.807) is 16.0 Å². The van der Waals surface area contributed by atoms with Gasteiger partial charge in [0, 0.05) is 37.0 Å². The number of carboxylic acid groups (broad SMARTS) is 1. The summed E-state index contributed by atoms with van der Waals surface area (Å²) in [5.74, 6) is -0.294. The number of rotatable bonds is 7. The molecule has 0 aliphatic carbocycles. The van der Waals surface area contributed by atoms with Crippen molar-refractivity contribution in [3.63, 3.8) is 0 Å². The first-order chi connectivity index (χ1) is 19.7. The van der Waals surface area contributed by atoms with Crippen LogP contribution in [0.25, 0.3) is 21.1 Å². The Morgan fingerprint density at radius 1 is 1.24 bits per heavy atom. The van der Waals surface area contributed by atoms with Gasteiger partial charge >= 0.3 is 5.97 Å². The van der Waals surface area contributed by atoms with Crippen LogP contribution >= 0.6 is 11.3 Å². The Balaban J connectivity index is 1.46. The number of hydrogen-bond donors (Lipinski definition) is 1. The summed E-state index contributed by atoms with van der Waals surface area (Å²) in [5, 5.41) is 22.0. The van der Waals surface area contributed by atoms with Crippen LogP contribution in [0.15, 0.2) is 48.0 Å². The third-order valence-corrected chi connectivity index (χ3v) is 9.48. The molecular weight excluding hydrogens is 534 g/mol. The Labute approximate surface area is 243 Å². The average Bonchev–Trinajstić information content (AvgIpc) is 3.56. The quantitative estimate of drug-likeness (QED) is 0.238. The van der Waals surface area contributed by atoms with E-state index in [-0.39, 0.29) is 24.5 Å². The van der Waals surface area contributed by atoms with E-state index >= 15 is 0 Å². The van der Waals surface area contributed by atoms with Crippen LogP contribution in [0.2, 0.25) is 0 Å². The van der Waals surface area contributed by atoms with Crippen molar-refractivity contribution in [2.24, 2.45) is 7.05 Å². The number of nitrogens with zero attached hydrogens (tertiary/aromatic N) is 5. The predicted octanol–water partition coefficient (Wildman–Crippen LogP) is 6.54. The second-order valence-electron chi connectivity index (χ2n) is 11.1. The molecule has 212 valence electrons. The van der Waals surface area contributed by atoms with E-state index in [1.807, 2.05) is 39.2 Å². The van der Waals surface area contributed by atoms with E-state index in [1.165, 1.54) is 10.3 Å². The van der Waals surface area contributed by atoms with E-state index in [2.05, 4.69) is 58.7 Å². The first-order valence-corrected chi connectivity index (χ1v) is 15.0. The van der Waals surface area contributed by atoms with Crippen LogP contribution in [-0.2, 0) is 18.4 Å². The Morgan fingerprint density at radius 3 is 2.85 bits per heavy atom. The van der Waals surface area contributed by atoms with Crippen LogP contribution in [0.1, 0.15) is 72.2 Å². The molecule has 1 aliphatic rings. The standard InChI is InChI=1S/C32H35N5O3S/c1-6-24-17-37(20(4)30-27(40-24)8-7-10-33-30)16-23-14-22(13-21-9-11-41-32(21)23)26(15-28(38)39)25-12-18(2)31-29(19(25)3)34-35-36(31)5/h7-14,20,24,26H,6,15-17H2,1-5H3,(H,38,39)/t20-,24+,26+/m0/s1. The average molecular weight is 570 g/mol. The molecule has 4 heterocycles. The summed E-state index contributed by atoms with van der Waals surface area (Å²) in [6.07, 6.45) is 2.78. The molecule has 9 heteroatoms. The molecule has 0 spiro atoms. The van der Waals surface area contributed by atoms with Crippen molar-refractivity contribution in [3.05, 3.63) is 81.5 Å². The summed E-state index contributed by atoms with van der Waals surface area (Å²) >= 11 is 1.73. The van der Waals surface area contributed by atoms with Crippen molar-refractivity contribution in [1.82, 2.24) is 24.9 Å². The first kappa shape index (κ1) is 27.4. The molecule has 0 bridgehead atoms. The molecule has 6 rings (SSSR count). The smallest absolute Gasteiger partial charge is 0.304 e. The monoisotopic (exact) mass is 569 g/mol. The van der Waals surface area contributed by atoms with Gasteiger partial charge in [-0.25, -0.2) is 4.68 Å². The van der Waals surface area contributed by atoms with Crippen molar-refractivity contribution in [1.29, 1.82) is 0 Å². The van der Waals surface area contributed by atoms with Crippen molar-refractivity contribution in [2.45, 2.75) is 65.1 Å². The summed E-state index contributed by atoms with van der Waals surface area (Å²) in [6, 6.07) is 12.7. The van der Waals surface area contributed by atoms with E-state index in [4.69, 9.17) is 9.72 Å². The van der Waals surface area contributed by atoms with Gasteiger partial charge in [-0.2, -0.15) is 0 Å². The molecule has 1 N–H and O–H groups in total. The molecule has 8 nitrogen and oxygen atoms in total. The number of aliphatic carboxylic acids is 1. The van der Waals surface area contributed by atoms with Gasteiger partial charge in [-0.3, -0.25) is 14.7 Å². The van der Waals surface area contributed by atoms with E-state index in [9.17, 15) is 9.90 Å². The first-order valence-electron chi connectivity index (χ1n) is 14.1. The highest BCUT2D eigenvalue weighted by molar-refractivity contribution is 7.17. The van der Waals surface area contributed by atoms with E-state index in [0.717, 1.165) is 63.1 Å². The Hall–Kier alpha value is -3.82. The number of aryl methyl sites for hydroxylation is 3. The molecular formula is C32H35N5O3S. The van der Waals surface area contributed by atoms with Crippen LogP contribution in [-0.4, -0.2) is 48.6 Å². The topological polar surface area (TPSA) is 93.4 Å². The predicted molar refractivity (Wildman–Crippen MR) is 162 cm³/mol. The van der Waals surface area contributed by atoms with Crippen LogP contribution in [0.4, 0.5) is 0 Å². The number of carboxylic acids is 1. The minimum atomic E-state index is -0.829. The fourth-order valence-electron chi connectivity index (χ4n) is 6.30. The molecule has 0 fully saturated rings. The molecule has 1 aliphatic heterocycles. The highest BCUT2D eigenvalue weighted by atomic mass is 32.1. The molecule has 3 atom stereocenters. The fourth-order valence-corrected chi connectivity index (χ4v) is 7.19. The molecule has 0 unspecified atom stereocenters. The van der Waals surface area contributed by atoms with Crippen LogP contribution in [0.5, 0.6) is 5.75 Å². The lowest BCUT2D eigenvalue weighted by molar-refractivity contribution is -0.137. The fraction of sp³-hybridized carbons (Fsp3) is 0.375. The highest BCUT2D eigenvalue weighted by Crippen LogP contribution is 2.40. The second-order valence-corrected chi connectivity index (χ2v) is 12.0. The zero-order chi connectivity index (χ0) is 28.8. The van der Waals surface area contributed by atoms with Crippen LogP contribution in [0, 0.1) is 13.8 Å². The van der Waals surface area contributed by atoms with Gasteiger partial charge in [-0.05, 0) is 90.0 Å². The minimum Gasteiger partial charge on any atom is -0.487 e. The Morgan fingerprint density at radius 2 is 2.07 bits per heavy atom. The molecule has 0 radical (unpaired) electrons. The largest absolute Gasteiger partial charge is 0.487 e. The summed E-state index contributed by atoms with van der Waals surface area (Å²) in [4.78, 5) is 19.4. The number of hydrogen-bond acceptors (Lipinski definition) is 7. The number of thiophene rings is 1. The number of aromatic nitrogens is 4. The van der Waals surface area contributed by atoms with Gasteiger partial charge in [0.15, 0.2) is 0 Å². The lowest BCUT2D eigenvalue weighted by Crippen LogP contribution is -2.34. The van der Waals surface area contributed by atoms with Gasteiger partial charge in [-0.15, -0.1) is 16.4 Å². The number of pyridine rings is 1. The highest BCUT2D eigenvalue weighted by Gasteiger charge is 2.30. The Kier molecular flexibility index (Phi) is 7.25. The molecule has 2 aromatic carbocycles. The van der Waals surface area contributed by atoms with Gasteiger partial charge < -0.3 is 9.84 Å². The number of carbonyl (C=O) groups is 1. The van der Waals surface area contributed by atoms with Crippen molar-refractivity contribution in [2.75, 3.05) is 6.54 Å². The van der Waals surface area contributed by atoms with E-state index in [0.29, 0.717) is 6.54 Å². The van der Waals surface area contributed by atoms with Crippen LogP contribution in [0.3, 0.4) is 0 Å². The molecule has 3 aromatic heterocycles. The normalized spacial score (nSPS) is 18.3. The van der Waals surface area contributed by atoms with Crippen molar-refractivity contribution >= 4 is 38.4 Å². The third-order valence-electron chi connectivity index (χ3n) is 8.47. The van der Waals surface area contributed by atoms with Gasteiger partial charge in [0.25, 0.3) is 0 Å². The van der Waals surface area contributed by atoms with Gasteiger partial charge in [0.2, 0.25) is 0 Å². The maximum atomic E-state index is 12.2. The van der Waals surface area contributed by atoms with Gasteiger partial charge in [-0.1, -0.05) is 24.3 Å². The maximum absolute atomic E-state index is 12.2. The van der Waals surface area contributed by atoms with Gasteiger partial charge in [0.1, 0.15) is 17.4 Å². The lowest BCUT2D eigenvalue weighted by Gasteiger charge is -2.29. The van der Waals surface area contributed by atoms with Crippen molar-refractivity contribution < 1.29 is 14.6 Å². The summed E-state index contributed by atoms with van der Waals surface area (Å²) in [5.41, 5.74) is 7.95. The number of ether oxygens (including phenoxy) is 1. The third kappa shape index (κ3) is 4.97. The molecule has 5 aromatic rings. The molecule has 0 saturated carbocycles. The minimum absolute atomic E-state index is 0.00963.